The van der Waals surface area contributed by atoms with Crippen molar-refractivity contribution in [2.45, 2.75) is 33.2 Å². The fraction of sp³-hybridized carbons (Fsp3) is 0.333. The lowest BCUT2D eigenvalue weighted by molar-refractivity contribution is 0.0931. The van der Waals surface area contributed by atoms with Crippen LogP contribution in [0, 0.1) is 6.92 Å². The molecule has 1 atom stereocenters. The molecule has 4 heteroatoms. The molecular formula is C18H22N2O2. The molecule has 1 heterocycles. The lowest BCUT2D eigenvalue weighted by atomic mass is 10.0. The van der Waals surface area contributed by atoms with E-state index in [0.717, 1.165) is 12.0 Å². The Morgan fingerprint density at radius 1 is 1.23 bits per heavy atom. The average molecular weight is 298 g/mol. The van der Waals surface area contributed by atoms with Crippen LogP contribution in [-0.4, -0.2) is 17.5 Å². The number of hydrogen-bond donors (Lipinski definition) is 1. The molecule has 0 fully saturated rings. The molecule has 116 valence electrons. The SMILES string of the molecule is CCOc1ncccc1C(=O)NC(CC)c1ccc(C)cc1. The molecule has 0 saturated carbocycles. The zero-order valence-electron chi connectivity index (χ0n) is 13.3. The molecule has 0 radical (unpaired) electrons. The van der Waals surface area contributed by atoms with Crippen molar-refractivity contribution < 1.29 is 9.53 Å². The van der Waals surface area contributed by atoms with E-state index >= 15 is 0 Å². The summed E-state index contributed by atoms with van der Waals surface area (Å²) in [6, 6.07) is 11.7. The maximum atomic E-state index is 12.5. The fourth-order valence-electron chi connectivity index (χ4n) is 2.27. The van der Waals surface area contributed by atoms with Gasteiger partial charge in [0.1, 0.15) is 5.56 Å². The average Bonchev–Trinajstić information content (AvgIpc) is 2.54. The quantitative estimate of drug-likeness (QED) is 0.885. The number of aryl methyl sites for hydroxylation is 1. The van der Waals surface area contributed by atoms with E-state index in [2.05, 4.69) is 41.5 Å². The number of carbonyl (C=O) groups excluding carboxylic acids is 1. The molecule has 0 spiro atoms. The van der Waals surface area contributed by atoms with Gasteiger partial charge in [0.25, 0.3) is 5.91 Å². The third-order valence-corrected chi connectivity index (χ3v) is 3.49. The summed E-state index contributed by atoms with van der Waals surface area (Å²) in [5.41, 5.74) is 2.77. The van der Waals surface area contributed by atoms with E-state index in [-0.39, 0.29) is 11.9 Å². The zero-order valence-corrected chi connectivity index (χ0v) is 13.3. The number of ether oxygens (including phenoxy) is 1. The van der Waals surface area contributed by atoms with E-state index in [1.54, 1.807) is 18.3 Å². The molecule has 0 aliphatic carbocycles. The molecule has 0 aliphatic rings. The van der Waals surface area contributed by atoms with Crippen molar-refractivity contribution in [3.05, 3.63) is 59.3 Å². The predicted molar refractivity (Wildman–Crippen MR) is 87.1 cm³/mol. The number of nitrogens with one attached hydrogen (secondary N) is 1. The van der Waals surface area contributed by atoms with E-state index < -0.39 is 0 Å². The minimum absolute atomic E-state index is 0.0252. The maximum Gasteiger partial charge on any atom is 0.257 e. The Morgan fingerprint density at radius 3 is 2.59 bits per heavy atom. The van der Waals surface area contributed by atoms with E-state index in [1.165, 1.54) is 5.56 Å². The van der Waals surface area contributed by atoms with Gasteiger partial charge in [-0.3, -0.25) is 4.79 Å². The minimum atomic E-state index is -0.163. The summed E-state index contributed by atoms with van der Waals surface area (Å²) in [6.07, 6.45) is 2.44. The number of pyridine rings is 1. The molecule has 1 amide bonds. The number of rotatable bonds is 6. The first-order chi connectivity index (χ1) is 10.7. The van der Waals surface area contributed by atoms with Crippen LogP contribution in [0.3, 0.4) is 0 Å². The highest BCUT2D eigenvalue weighted by Crippen LogP contribution is 2.20. The summed E-state index contributed by atoms with van der Waals surface area (Å²) in [4.78, 5) is 16.6. The van der Waals surface area contributed by atoms with Crippen LogP contribution < -0.4 is 10.1 Å². The minimum Gasteiger partial charge on any atom is -0.477 e. The molecular weight excluding hydrogens is 276 g/mol. The van der Waals surface area contributed by atoms with E-state index in [9.17, 15) is 4.79 Å². The zero-order chi connectivity index (χ0) is 15.9. The van der Waals surface area contributed by atoms with Crippen molar-refractivity contribution in [1.82, 2.24) is 10.3 Å². The Morgan fingerprint density at radius 2 is 1.95 bits per heavy atom. The second-order valence-electron chi connectivity index (χ2n) is 5.13. The van der Waals surface area contributed by atoms with Crippen LogP contribution in [0.5, 0.6) is 5.88 Å². The number of hydrogen-bond acceptors (Lipinski definition) is 3. The van der Waals surface area contributed by atoms with Gasteiger partial charge < -0.3 is 10.1 Å². The Bertz CT molecular complexity index is 623. The van der Waals surface area contributed by atoms with Crippen LogP contribution in [0.1, 0.15) is 47.8 Å². The Balaban J connectivity index is 2.17. The fourth-order valence-corrected chi connectivity index (χ4v) is 2.27. The molecule has 1 N–H and O–H groups in total. The summed E-state index contributed by atoms with van der Waals surface area (Å²) in [7, 11) is 0. The molecule has 1 unspecified atom stereocenters. The van der Waals surface area contributed by atoms with Crippen LogP contribution in [0.15, 0.2) is 42.6 Å². The summed E-state index contributed by atoms with van der Waals surface area (Å²) in [5.74, 6) is 0.213. The van der Waals surface area contributed by atoms with Gasteiger partial charge in [-0.2, -0.15) is 0 Å². The smallest absolute Gasteiger partial charge is 0.257 e. The third kappa shape index (κ3) is 3.85. The molecule has 4 nitrogen and oxygen atoms in total. The highest BCUT2D eigenvalue weighted by atomic mass is 16.5. The van der Waals surface area contributed by atoms with Crippen molar-refractivity contribution in [1.29, 1.82) is 0 Å². The van der Waals surface area contributed by atoms with E-state index in [1.807, 2.05) is 13.8 Å². The molecule has 0 saturated heterocycles. The number of nitrogens with zero attached hydrogens (tertiary/aromatic N) is 1. The first kappa shape index (κ1) is 16.0. The number of amides is 1. The lowest BCUT2D eigenvalue weighted by Crippen LogP contribution is -2.28. The van der Waals surface area contributed by atoms with Crippen LogP contribution in [0.2, 0.25) is 0 Å². The van der Waals surface area contributed by atoms with Gasteiger partial charge in [-0.15, -0.1) is 0 Å². The lowest BCUT2D eigenvalue weighted by Gasteiger charge is -2.18. The highest BCUT2D eigenvalue weighted by Gasteiger charge is 2.17. The molecule has 22 heavy (non-hydrogen) atoms. The number of benzene rings is 1. The first-order valence-corrected chi connectivity index (χ1v) is 7.61. The van der Waals surface area contributed by atoms with Gasteiger partial charge in [0, 0.05) is 6.20 Å². The molecule has 1 aromatic heterocycles. The summed E-state index contributed by atoms with van der Waals surface area (Å²) < 4.78 is 5.42. The van der Waals surface area contributed by atoms with Crippen molar-refractivity contribution >= 4 is 5.91 Å². The van der Waals surface area contributed by atoms with E-state index in [4.69, 9.17) is 4.74 Å². The summed E-state index contributed by atoms with van der Waals surface area (Å²) >= 11 is 0. The Kier molecular flexibility index (Phi) is 5.53. The van der Waals surface area contributed by atoms with Gasteiger partial charge in [0.05, 0.1) is 12.6 Å². The normalized spacial score (nSPS) is 11.8. The molecule has 2 rings (SSSR count). The summed E-state index contributed by atoms with van der Waals surface area (Å²) in [5, 5.41) is 3.06. The van der Waals surface area contributed by atoms with Gasteiger partial charge in [0.2, 0.25) is 5.88 Å². The number of aromatic nitrogens is 1. The monoisotopic (exact) mass is 298 g/mol. The third-order valence-electron chi connectivity index (χ3n) is 3.49. The van der Waals surface area contributed by atoms with Crippen molar-refractivity contribution in [2.75, 3.05) is 6.61 Å². The van der Waals surface area contributed by atoms with Crippen LogP contribution in [0.25, 0.3) is 0 Å². The largest absolute Gasteiger partial charge is 0.477 e. The van der Waals surface area contributed by atoms with Crippen LogP contribution in [0.4, 0.5) is 0 Å². The second-order valence-corrected chi connectivity index (χ2v) is 5.13. The highest BCUT2D eigenvalue weighted by molar-refractivity contribution is 5.96. The van der Waals surface area contributed by atoms with Crippen molar-refractivity contribution in [2.24, 2.45) is 0 Å². The Labute approximate surface area is 131 Å². The van der Waals surface area contributed by atoms with E-state index in [0.29, 0.717) is 18.1 Å². The van der Waals surface area contributed by atoms with Gasteiger partial charge >= 0.3 is 0 Å². The van der Waals surface area contributed by atoms with Crippen LogP contribution >= 0.6 is 0 Å². The van der Waals surface area contributed by atoms with Crippen molar-refractivity contribution in [3.8, 4) is 5.88 Å². The van der Waals surface area contributed by atoms with Crippen LogP contribution in [-0.2, 0) is 0 Å². The molecule has 2 aromatic rings. The first-order valence-electron chi connectivity index (χ1n) is 7.61. The van der Waals surface area contributed by atoms with Gasteiger partial charge in [-0.1, -0.05) is 36.8 Å². The van der Waals surface area contributed by atoms with Crippen molar-refractivity contribution in [3.63, 3.8) is 0 Å². The van der Waals surface area contributed by atoms with Gasteiger partial charge in [-0.25, -0.2) is 4.98 Å². The molecule has 1 aromatic carbocycles. The summed E-state index contributed by atoms with van der Waals surface area (Å²) in [6.45, 7) is 6.45. The predicted octanol–water partition coefficient (Wildman–Crippen LogP) is 3.67. The maximum absolute atomic E-state index is 12.5. The standard InChI is InChI=1S/C18H22N2O2/c1-4-16(14-10-8-13(3)9-11-14)20-17(21)15-7-6-12-19-18(15)22-5-2/h6-12,16H,4-5H2,1-3H3,(H,20,21). The second kappa shape index (κ2) is 7.59. The number of carbonyl (C=O) groups is 1. The Hall–Kier alpha value is -2.36. The molecule has 0 bridgehead atoms. The molecule has 0 aliphatic heterocycles. The van der Waals surface area contributed by atoms with Gasteiger partial charge in [0.15, 0.2) is 0 Å². The topological polar surface area (TPSA) is 51.2 Å². The van der Waals surface area contributed by atoms with Gasteiger partial charge in [-0.05, 0) is 38.0 Å².